The van der Waals surface area contributed by atoms with Crippen molar-refractivity contribution in [1.82, 2.24) is 4.98 Å². The average Bonchev–Trinajstić information content (AvgIpc) is 2.81. The van der Waals surface area contributed by atoms with Crippen molar-refractivity contribution in [3.63, 3.8) is 0 Å². The minimum absolute atomic E-state index is 0.133. The fourth-order valence-electron chi connectivity index (χ4n) is 2.22. The van der Waals surface area contributed by atoms with Crippen LogP contribution in [0.1, 0.15) is 0 Å². The van der Waals surface area contributed by atoms with Crippen LogP contribution in [-0.4, -0.2) is 51.5 Å². The molecule has 0 unspecified atom stereocenters. The summed E-state index contributed by atoms with van der Waals surface area (Å²) in [6.07, 6.45) is -3.08. The molecule has 1 aromatic heterocycles. The van der Waals surface area contributed by atoms with Crippen molar-refractivity contribution in [2.75, 3.05) is 6.61 Å². The van der Waals surface area contributed by atoms with Crippen LogP contribution in [0.2, 0.25) is 5.02 Å². The zero-order valence-corrected chi connectivity index (χ0v) is 11.1. The summed E-state index contributed by atoms with van der Waals surface area (Å²) in [5, 5.41) is 30.5. The van der Waals surface area contributed by atoms with E-state index in [0.29, 0.717) is 10.8 Å². The maximum atomic E-state index is 9.88. The minimum Gasteiger partial charge on any atom is -0.480 e. The number of rotatable bonds is 2. The zero-order chi connectivity index (χ0) is 14.3. The number of aliphatic hydroxyl groups excluding tert-OH is 3. The number of ether oxygens (including phenoxy) is 2. The highest BCUT2D eigenvalue weighted by Gasteiger charge is 2.40. The fourth-order valence-corrected chi connectivity index (χ4v) is 2.39. The minimum atomic E-state index is -1.30. The van der Waals surface area contributed by atoms with Crippen LogP contribution in [0.15, 0.2) is 24.4 Å². The van der Waals surface area contributed by atoms with Crippen molar-refractivity contribution in [3.8, 4) is 5.75 Å². The molecule has 1 aliphatic rings. The first kappa shape index (κ1) is 13.7. The quantitative estimate of drug-likeness (QED) is 0.653. The van der Waals surface area contributed by atoms with E-state index in [1.807, 2.05) is 0 Å². The molecule has 4 N–H and O–H groups in total. The molecule has 2 heterocycles. The van der Waals surface area contributed by atoms with Gasteiger partial charge >= 0.3 is 0 Å². The van der Waals surface area contributed by atoms with Gasteiger partial charge in [0.2, 0.25) is 0 Å². The van der Waals surface area contributed by atoms with Gasteiger partial charge in [0.25, 0.3) is 0 Å². The van der Waals surface area contributed by atoms with Crippen molar-refractivity contribution in [2.45, 2.75) is 24.6 Å². The Kier molecular flexibility index (Phi) is 3.57. The van der Waals surface area contributed by atoms with Crippen LogP contribution in [0.25, 0.3) is 10.9 Å². The van der Waals surface area contributed by atoms with Gasteiger partial charge < -0.3 is 29.8 Å². The summed E-state index contributed by atoms with van der Waals surface area (Å²) in [7, 11) is 0. The molecule has 0 radical (unpaired) electrons. The maximum Gasteiger partial charge on any atom is 0.195 e. The Balaban J connectivity index is 1.88. The molecular weight excluding hydrogens is 286 g/mol. The number of aliphatic hydroxyl groups is 3. The molecule has 108 valence electrons. The number of H-pyrrole nitrogens is 1. The van der Waals surface area contributed by atoms with E-state index in [1.165, 1.54) is 0 Å². The molecule has 1 saturated heterocycles. The first-order chi connectivity index (χ1) is 9.56. The van der Waals surface area contributed by atoms with Crippen molar-refractivity contribution < 1.29 is 24.8 Å². The summed E-state index contributed by atoms with van der Waals surface area (Å²) in [5.74, 6) is 0.442. The lowest BCUT2D eigenvalue weighted by molar-refractivity contribution is -0.244. The molecule has 0 saturated carbocycles. The smallest absolute Gasteiger partial charge is 0.195 e. The molecule has 6 nitrogen and oxygen atoms in total. The second kappa shape index (κ2) is 5.23. The molecule has 0 amide bonds. The van der Waals surface area contributed by atoms with Crippen LogP contribution in [0.4, 0.5) is 0 Å². The third-order valence-corrected chi connectivity index (χ3v) is 3.55. The van der Waals surface area contributed by atoms with Crippen LogP contribution in [0, 0.1) is 0 Å². The van der Waals surface area contributed by atoms with Gasteiger partial charge in [0.05, 0.1) is 12.1 Å². The molecule has 20 heavy (non-hydrogen) atoms. The van der Waals surface area contributed by atoms with E-state index in [0.717, 1.165) is 10.9 Å². The number of aromatic amines is 1. The Morgan fingerprint density at radius 1 is 1.30 bits per heavy atom. The molecule has 2 aromatic rings. The number of hydrogen-bond acceptors (Lipinski definition) is 5. The molecule has 3 rings (SSSR count). The van der Waals surface area contributed by atoms with Crippen LogP contribution in [0.5, 0.6) is 5.75 Å². The molecule has 1 aliphatic heterocycles. The van der Waals surface area contributed by atoms with E-state index in [-0.39, 0.29) is 6.61 Å². The summed E-state index contributed by atoms with van der Waals surface area (Å²) in [6.45, 7) is -0.133. The van der Waals surface area contributed by atoms with E-state index in [1.54, 1.807) is 24.4 Å². The number of benzene rings is 1. The highest BCUT2D eigenvalue weighted by molar-refractivity contribution is 6.31. The second-order valence-corrected chi connectivity index (χ2v) is 5.14. The van der Waals surface area contributed by atoms with E-state index in [9.17, 15) is 15.3 Å². The summed E-state index contributed by atoms with van der Waals surface area (Å²) in [6, 6.07) is 5.22. The lowest BCUT2D eigenvalue weighted by Gasteiger charge is -2.35. The molecule has 1 fully saturated rings. The summed E-state index contributed by atoms with van der Waals surface area (Å²) in [4.78, 5) is 2.98. The van der Waals surface area contributed by atoms with E-state index >= 15 is 0 Å². The van der Waals surface area contributed by atoms with E-state index < -0.39 is 24.6 Å². The molecule has 0 aliphatic carbocycles. The predicted octanol–water partition coefficient (Wildman–Crippen LogP) is 0.639. The number of hydrogen-bond donors (Lipinski definition) is 4. The first-order valence-electron chi connectivity index (χ1n) is 6.15. The molecule has 4 atom stereocenters. The topological polar surface area (TPSA) is 94.9 Å². The normalized spacial score (nSPS) is 30.6. The highest BCUT2D eigenvalue weighted by Crippen LogP contribution is 2.30. The van der Waals surface area contributed by atoms with Gasteiger partial charge in [-0.3, -0.25) is 0 Å². The number of nitrogens with one attached hydrogen (secondary N) is 1. The molecule has 7 heteroatoms. The fraction of sp³-hybridized carbons (Fsp3) is 0.385. The van der Waals surface area contributed by atoms with E-state index in [2.05, 4.69) is 4.98 Å². The largest absolute Gasteiger partial charge is 0.480 e. The highest BCUT2D eigenvalue weighted by atomic mass is 35.5. The van der Waals surface area contributed by atoms with Gasteiger partial charge in [-0.05, 0) is 18.2 Å². The number of aromatic nitrogens is 1. The first-order valence-corrected chi connectivity index (χ1v) is 6.53. The number of fused-ring (bicyclic) bond motifs is 1. The molecule has 1 aromatic carbocycles. The Morgan fingerprint density at radius 3 is 2.90 bits per heavy atom. The number of halogens is 1. The van der Waals surface area contributed by atoms with Gasteiger partial charge in [-0.1, -0.05) is 11.6 Å². The van der Waals surface area contributed by atoms with E-state index in [4.69, 9.17) is 21.1 Å². The predicted molar refractivity (Wildman–Crippen MR) is 71.7 cm³/mol. The van der Waals surface area contributed by atoms with Crippen LogP contribution < -0.4 is 4.74 Å². The van der Waals surface area contributed by atoms with Crippen LogP contribution in [-0.2, 0) is 4.74 Å². The average molecular weight is 300 g/mol. The van der Waals surface area contributed by atoms with Crippen LogP contribution in [0.3, 0.4) is 0 Å². The van der Waals surface area contributed by atoms with Gasteiger partial charge in [0.15, 0.2) is 12.4 Å². The van der Waals surface area contributed by atoms with Gasteiger partial charge in [-0.25, -0.2) is 0 Å². The Morgan fingerprint density at radius 2 is 2.10 bits per heavy atom. The Bertz CT molecular complexity index is 616. The van der Waals surface area contributed by atoms with Crippen molar-refractivity contribution in [2.24, 2.45) is 0 Å². The van der Waals surface area contributed by atoms with Crippen LogP contribution >= 0.6 is 11.6 Å². The second-order valence-electron chi connectivity index (χ2n) is 4.71. The third kappa shape index (κ3) is 2.36. The standard InChI is InChI=1S/C13H14ClNO5/c14-6-1-2-7-8(3-6)15-4-10(7)20-12-11(17)9(16)5-19-13(12)18/h1-4,9,11-13,15-18H,5H2/t9-,11-,12+,13+/m0/s1. The monoisotopic (exact) mass is 299 g/mol. The lowest BCUT2D eigenvalue weighted by atomic mass is 10.1. The Labute approximate surface area is 119 Å². The Hall–Kier alpha value is -1.31. The summed E-state index contributed by atoms with van der Waals surface area (Å²) < 4.78 is 10.5. The van der Waals surface area contributed by atoms with Crippen molar-refractivity contribution in [1.29, 1.82) is 0 Å². The van der Waals surface area contributed by atoms with Gasteiger partial charge in [0.1, 0.15) is 18.0 Å². The molecule has 0 bridgehead atoms. The third-order valence-electron chi connectivity index (χ3n) is 3.32. The molecular formula is C13H14ClNO5. The summed E-state index contributed by atoms with van der Waals surface area (Å²) in [5.41, 5.74) is 0.772. The van der Waals surface area contributed by atoms with Crippen molar-refractivity contribution in [3.05, 3.63) is 29.4 Å². The summed E-state index contributed by atoms with van der Waals surface area (Å²) >= 11 is 5.89. The van der Waals surface area contributed by atoms with Crippen molar-refractivity contribution >= 4 is 22.5 Å². The zero-order valence-electron chi connectivity index (χ0n) is 10.4. The molecule has 0 spiro atoms. The van der Waals surface area contributed by atoms with Gasteiger partial charge in [-0.2, -0.15) is 0 Å². The lowest BCUT2D eigenvalue weighted by Crippen LogP contribution is -2.55. The van der Waals surface area contributed by atoms with Gasteiger partial charge in [-0.15, -0.1) is 0 Å². The SMILES string of the molecule is O[C@@H]1[C@@H](Oc2c[nH]c3cc(Cl)ccc23)[C@H](O)OC[C@@H]1O. The van der Waals surface area contributed by atoms with Gasteiger partial charge in [0, 0.05) is 16.6 Å². The maximum absolute atomic E-state index is 9.88.